The lowest BCUT2D eigenvalue weighted by Crippen LogP contribution is -2.44. The highest BCUT2D eigenvalue weighted by Gasteiger charge is 2.24. The highest BCUT2D eigenvalue weighted by molar-refractivity contribution is 5.80. The van der Waals surface area contributed by atoms with Gasteiger partial charge in [-0.3, -0.25) is 0 Å². The van der Waals surface area contributed by atoms with Crippen LogP contribution in [0.3, 0.4) is 0 Å². The van der Waals surface area contributed by atoms with Crippen molar-refractivity contribution in [2.45, 2.75) is 38.8 Å². The Morgan fingerprint density at radius 2 is 2.10 bits per heavy atom. The van der Waals surface area contributed by atoms with E-state index in [1.807, 2.05) is 6.07 Å². The minimum absolute atomic E-state index is 0.0735. The zero-order valence-corrected chi connectivity index (χ0v) is 12.2. The van der Waals surface area contributed by atoms with Gasteiger partial charge < -0.3 is 15.2 Å². The summed E-state index contributed by atoms with van der Waals surface area (Å²) in [5.74, 6) is -1.16. The molecule has 1 atom stereocenters. The van der Waals surface area contributed by atoms with Crippen molar-refractivity contribution in [2.24, 2.45) is 0 Å². The van der Waals surface area contributed by atoms with Gasteiger partial charge in [0.2, 0.25) is 0 Å². The molecule has 1 amide bonds. The molecule has 0 aromatic heterocycles. The minimum Gasteiger partial charge on any atom is -0.480 e. The first kappa shape index (κ1) is 16.5. The van der Waals surface area contributed by atoms with Crippen molar-refractivity contribution >= 4 is 12.1 Å². The molecule has 1 rings (SSSR count). The number of carbonyl (C=O) groups is 2. The standard InChI is InChI=1S/C15H18N2O4/c1-15(2,3)21-14(20)17-12(13(18)19)8-10-5-4-6-11(7-10)9-16/h4-7,12H,8H2,1-3H3,(H,17,20)(H,18,19)/t12-/m0/s1. The number of hydrogen-bond donors (Lipinski definition) is 2. The predicted molar refractivity (Wildman–Crippen MR) is 75.7 cm³/mol. The Hall–Kier alpha value is -2.55. The second-order valence-electron chi connectivity index (χ2n) is 5.55. The van der Waals surface area contributed by atoms with Gasteiger partial charge in [-0.1, -0.05) is 12.1 Å². The summed E-state index contributed by atoms with van der Waals surface area (Å²) in [7, 11) is 0. The largest absolute Gasteiger partial charge is 0.480 e. The fraction of sp³-hybridized carbons (Fsp3) is 0.400. The number of nitriles is 1. The van der Waals surface area contributed by atoms with Crippen molar-refractivity contribution in [1.82, 2.24) is 5.32 Å². The Bertz CT molecular complexity index is 570. The molecule has 0 unspecified atom stereocenters. The Kier molecular flexibility index (Phi) is 5.30. The summed E-state index contributed by atoms with van der Waals surface area (Å²) in [4.78, 5) is 22.9. The van der Waals surface area contributed by atoms with Gasteiger partial charge in [0.15, 0.2) is 0 Å². The highest BCUT2D eigenvalue weighted by Crippen LogP contribution is 2.10. The molecule has 0 radical (unpaired) electrons. The summed E-state index contributed by atoms with van der Waals surface area (Å²) in [6, 6.07) is 7.45. The molecule has 21 heavy (non-hydrogen) atoms. The number of hydrogen-bond acceptors (Lipinski definition) is 4. The van der Waals surface area contributed by atoms with E-state index < -0.39 is 23.7 Å². The number of benzene rings is 1. The van der Waals surface area contributed by atoms with E-state index in [1.54, 1.807) is 45.0 Å². The van der Waals surface area contributed by atoms with E-state index in [9.17, 15) is 14.7 Å². The number of nitrogens with one attached hydrogen (secondary N) is 1. The van der Waals surface area contributed by atoms with Crippen LogP contribution in [0, 0.1) is 11.3 Å². The number of nitrogens with zero attached hydrogens (tertiary/aromatic N) is 1. The quantitative estimate of drug-likeness (QED) is 0.884. The van der Waals surface area contributed by atoms with Gasteiger partial charge in [-0.15, -0.1) is 0 Å². The van der Waals surface area contributed by atoms with E-state index in [-0.39, 0.29) is 6.42 Å². The summed E-state index contributed by atoms with van der Waals surface area (Å²) in [6.45, 7) is 5.08. The first-order valence-corrected chi connectivity index (χ1v) is 6.42. The van der Waals surface area contributed by atoms with Gasteiger partial charge >= 0.3 is 12.1 Å². The fourth-order valence-corrected chi connectivity index (χ4v) is 1.65. The lowest BCUT2D eigenvalue weighted by atomic mass is 10.0. The van der Waals surface area contributed by atoms with E-state index in [0.717, 1.165) is 0 Å². The summed E-state index contributed by atoms with van der Waals surface area (Å²) < 4.78 is 5.04. The van der Waals surface area contributed by atoms with Crippen molar-refractivity contribution in [2.75, 3.05) is 0 Å². The molecule has 0 aliphatic heterocycles. The van der Waals surface area contributed by atoms with Gasteiger partial charge in [0.05, 0.1) is 11.6 Å². The Morgan fingerprint density at radius 1 is 1.43 bits per heavy atom. The maximum absolute atomic E-state index is 11.6. The first-order valence-electron chi connectivity index (χ1n) is 6.42. The Balaban J connectivity index is 2.77. The van der Waals surface area contributed by atoms with Crippen molar-refractivity contribution < 1.29 is 19.4 Å². The molecule has 0 aliphatic carbocycles. The molecule has 0 bridgehead atoms. The summed E-state index contributed by atoms with van der Waals surface area (Å²) >= 11 is 0. The van der Waals surface area contributed by atoms with Crippen LogP contribution in [-0.4, -0.2) is 28.8 Å². The van der Waals surface area contributed by atoms with Crippen LogP contribution in [-0.2, 0) is 16.0 Å². The van der Waals surface area contributed by atoms with E-state index >= 15 is 0 Å². The van der Waals surface area contributed by atoms with Crippen molar-refractivity contribution in [3.63, 3.8) is 0 Å². The fourth-order valence-electron chi connectivity index (χ4n) is 1.65. The van der Waals surface area contributed by atoms with Crippen LogP contribution < -0.4 is 5.32 Å². The first-order chi connectivity index (χ1) is 9.71. The van der Waals surface area contributed by atoms with E-state index in [0.29, 0.717) is 11.1 Å². The van der Waals surface area contributed by atoms with Gasteiger partial charge in [-0.05, 0) is 38.5 Å². The van der Waals surface area contributed by atoms with Crippen molar-refractivity contribution in [3.8, 4) is 6.07 Å². The Morgan fingerprint density at radius 3 is 2.62 bits per heavy atom. The number of ether oxygens (including phenoxy) is 1. The zero-order valence-electron chi connectivity index (χ0n) is 12.2. The van der Waals surface area contributed by atoms with Crippen LogP contribution in [0.4, 0.5) is 4.79 Å². The zero-order chi connectivity index (χ0) is 16.0. The lowest BCUT2D eigenvalue weighted by Gasteiger charge is -2.22. The topological polar surface area (TPSA) is 99.4 Å². The average molecular weight is 290 g/mol. The predicted octanol–water partition coefficient (Wildman–Crippen LogP) is 2.08. The molecule has 2 N–H and O–H groups in total. The minimum atomic E-state index is -1.16. The summed E-state index contributed by atoms with van der Waals surface area (Å²) in [5, 5.41) is 20.3. The third kappa shape index (κ3) is 5.95. The highest BCUT2D eigenvalue weighted by atomic mass is 16.6. The summed E-state index contributed by atoms with van der Waals surface area (Å²) in [5.41, 5.74) is 0.389. The van der Waals surface area contributed by atoms with Crippen LogP contribution in [0.1, 0.15) is 31.9 Å². The Labute approximate surface area is 123 Å². The van der Waals surface area contributed by atoms with E-state index in [2.05, 4.69) is 5.32 Å². The smallest absolute Gasteiger partial charge is 0.408 e. The molecular weight excluding hydrogens is 272 g/mol. The third-order valence-electron chi connectivity index (χ3n) is 2.48. The van der Waals surface area contributed by atoms with E-state index in [4.69, 9.17) is 10.00 Å². The second-order valence-corrected chi connectivity index (χ2v) is 5.55. The van der Waals surface area contributed by atoms with Crippen LogP contribution in [0.2, 0.25) is 0 Å². The van der Waals surface area contributed by atoms with Gasteiger partial charge in [0.1, 0.15) is 11.6 Å². The lowest BCUT2D eigenvalue weighted by molar-refractivity contribution is -0.139. The van der Waals surface area contributed by atoms with Crippen LogP contribution in [0.5, 0.6) is 0 Å². The maximum Gasteiger partial charge on any atom is 0.408 e. The van der Waals surface area contributed by atoms with Gasteiger partial charge in [-0.2, -0.15) is 5.26 Å². The van der Waals surface area contributed by atoms with Crippen LogP contribution in [0.25, 0.3) is 0 Å². The molecule has 0 aliphatic rings. The second kappa shape index (κ2) is 6.75. The molecule has 1 aromatic carbocycles. The summed E-state index contributed by atoms with van der Waals surface area (Å²) in [6.07, 6.45) is -0.712. The van der Waals surface area contributed by atoms with Gasteiger partial charge in [0.25, 0.3) is 0 Å². The van der Waals surface area contributed by atoms with Crippen molar-refractivity contribution in [1.29, 1.82) is 5.26 Å². The normalized spacial score (nSPS) is 12.1. The number of carboxylic acids is 1. The molecule has 0 heterocycles. The van der Waals surface area contributed by atoms with E-state index in [1.165, 1.54) is 0 Å². The third-order valence-corrected chi connectivity index (χ3v) is 2.48. The number of carbonyl (C=O) groups excluding carboxylic acids is 1. The molecule has 0 saturated heterocycles. The average Bonchev–Trinajstić information content (AvgIpc) is 2.36. The molecule has 0 fully saturated rings. The number of aliphatic carboxylic acids is 1. The number of amides is 1. The SMILES string of the molecule is CC(C)(C)OC(=O)N[C@@H](Cc1cccc(C#N)c1)C(=O)O. The molecule has 6 nitrogen and oxygen atoms in total. The number of rotatable bonds is 4. The van der Waals surface area contributed by atoms with Gasteiger partial charge in [0, 0.05) is 6.42 Å². The molecular formula is C15H18N2O4. The van der Waals surface area contributed by atoms with Gasteiger partial charge in [-0.25, -0.2) is 9.59 Å². The molecule has 112 valence electrons. The molecule has 0 saturated carbocycles. The molecule has 0 spiro atoms. The van der Waals surface area contributed by atoms with Crippen LogP contribution in [0.15, 0.2) is 24.3 Å². The van der Waals surface area contributed by atoms with Crippen molar-refractivity contribution in [3.05, 3.63) is 35.4 Å². The monoisotopic (exact) mass is 290 g/mol. The maximum atomic E-state index is 11.6. The number of alkyl carbamates (subject to hydrolysis) is 1. The molecule has 1 aromatic rings. The van der Waals surface area contributed by atoms with Crippen LogP contribution >= 0.6 is 0 Å². The number of carboxylic acid groups (broad SMARTS) is 1. The molecule has 6 heteroatoms.